The molecule has 1 aromatic carbocycles. The van der Waals surface area contributed by atoms with Crippen LogP contribution in [0.4, 0.5) is 0 Å². The van der Waals surface area contributed by atoms with Gasteiger partial charge in [0.2, 0.25) is 0 Å². The van der Waals surface area contributed by atoms with Crippen LogP contribution in [0.2, 0.25) is 0 Å². The number of carboxylic acids is 1. The van der Waals surface area contributed by atoms with Crippen LogP contribution >= 0.6 is 15.9 Å². The van der Waals surface area contributed by atoms with E-state index in [2.05, 4.69) is 21.2 Å². The lowest BCUT2D eigenvalue weighted by molar-refractivity contribution is -0.139. The number of hydrogen-bond acceptors (Lipinski definition) is 3. The Morgan fingerprint density at radius 3 is 2.70 bits per heavy atom. The van der Waals surface area contributed by atoms with E-state index in [-0.39, 0.29) is 0 Å². The molecule has 0 saturated heterocycles. The summed E-state index contributed by atoms with van der Waals surface area (Å²) in [6.07, 6.45) is 0.904. The molecule has 5 nitrogen and oxygen atoms in total. The first-order valence-corrected chi connectivity index (χ1v) is 7.03. The van der Waals surface area contributed by atoms with Gasteiger partial charge in [-0.25, -0.2) is 4.79 Å². The van der Waals surface area contributed by atoms with Crippen molar-refractivity contribution in [2.45, 2.75) is 25.8 Å². The van der Waals surface area contributed by atoms with Crippen LogP contribution in [-0.2, 0) is 9.53 Å². The Hall–Kier alpha value is -1.40. The van der Waals surface area contributed by atoms with Crippen molar-refractivity contribution >= 4 is 27.8 Å². The molecule has 0 heterocycles. The first kappa shape index (κ1) is 16.7. The van der Waals surface area contributed by atoms with E-state index in [9.17, 15) is 9.59 Å². The summed E-state index contributed by atoms with van der Waals surface area (Å²) in [6, 6.07) is 4.38. The smallest absolute Gasteiger partial charge is 0.326 e. The van der Waals surface area contributed by atoms with Crippen LogP contribution in [0, 0.1) is 6.92 Å². The molecule has 0 fully saturated rings. The summed E-state index contributed by atoms with van der Waals surface area (Å²) in [5.74, 6) is -1.45. The van der Waals surface area contributed by atoms with E-state index < -0.39 is 17.9 Å². The van der Waals surface area contributed by atoms with E-state index in [0.29, 0.717) is 29.5 Å². The summed E-state index contributed by atoms with van der Waals surface area (Å²) in [4.78, 5) is 23.2. The maximum atomic E-state index is 12.1. The molecule has 1 atom stereocenters. The van der Waals surface area contributed by atoms with Crippen LogP contribution in [-0.4, -0.2) is 36.7 Å². The van der Waals surface area contributed by atoms with Crippen molar-refractivity contribution in [2.75, 3.05) is 13.7 Å². The maximum absolute atomic E-state index is 12.1. The van der Waals surface area contributed by atoms with Crippen LogP contribution in [0.5, 0.6) is 0 Å². The number of aryl methyl sites for hydroxylation is 1. The van der Waals surface area contributed by atoms with Gasteiger partial charge >= 0.3 is 5.97 Å². The van der Waals surface area contributed by atoms with Crippen molar-refractivity contribution < 1.29 is 19.4 Å². The Bertz CT molecular complexity index is 490. The molecule has 1 amide bonds. The third-order valence-corrected chi connectivity index (χ3v) is 3.47. The number of rotatable bonds is 7. The zero-order valence-electron chi connectivity index (χ0n) is 11.5. The summed E-state index contributed by atoms with van der Waals surface area (Å²) >= 11 is 3.31. The minimum Gasteiger partial charge on any atom is -0.480 e. The summed E-state index contributed by atoms with van der Waals surface area (Å²) in [6.45, 7) is 2.38. The van der Waals surface area contributed by atoms with Gasteiger partial charge in [-0.3, -0.25) is 4.79 Å². The molecule has 1 rings (SSSR count). The number of methoxy groups -OCH3 is 1. The van der Waals surface area contributed by atoms with Crippen molar-refractivity contribution in [2.24, 2.45) is 0 Å². The normalized spacial score (nSPS) is 11.9. The highest BCUT2D eigenvalue weighted by Crippen LogP contribution is 2.18. The minimum atomic E-state index is -1.04. The minimum absolute atomic E-state index is 0.332. The molecule has 0 aliphatic rings. The number of carboxylic acid groups (broad SMARTS) is 1. The zero-order chi connectivity index (χ0) is 15.1. The van der Waals surface area contributed by atoms with Gasteiger partial charge < -0.3 is 15.2 Å². The molecular formula is C14H18BrNO4. The monoisotopic (exact) mass is 343 g/mol. The molecule has 0 saturated carbocycles. The third-order valence-electron chi connectivity index (χ3n) is 2.81. The summed E-state index contributed by atoms with van der Waals surface area (Å²) < 4.78 is 5.53. The second-order valence-corrected chi connectivity index (χ2v) is 5.34. The highest BCUT2D eigenvalue weighted by atomic mass is 79.9. The summed E-state index contributed by atoms with van der Waals surface area (Å²) in [5, 5.41) is 11.6. The van der Waals surface area contributed by atoms with Crippen LogP contribution in [0.1, 0.15) is 28.8 Å². The number of amides is 1. The lowest BCUT2D eigenvalue weighted by Gasteiger charge is -2.15. The average Bonchev–Trinajstić information content (AvgIpc) is 2.37. The van der Waals surface area contributed by atoms with E-state index >= 15 is 0 Å². The molecule has 0 aliphatic carbocycles. The molecule has 0 aromatic heterocycles. The molecule has 6 heteroatoms. The molecule has 0 radical (unpaired) electrons. The molecule has 0 bridgehead atoms. The molecule has 110 valence electrons. The van der Waals surface area contributed by atoms with E-state index in [4.69, 9.17) is 9.84 Å². The van der Waals surface area contributed by atoms with Crippen molar-refractivity contribution in [1.82, 2.24) is 5.32 Å². The fourth-order valence-electron chi connectivity index (χ4n) is 1.73. The summed E-state index contributed by atoms with van der Waals surface area (Å²) in [5.41, 5.74) is 1.44. The highest BCUT2D eigenvalue weighted by molar-refractivity contribution is 9.10. The highest BCUT2D eigenvalue weighted by Gasteiger charge is 2.21. The van der Waals surface area contributed by atoms with Gasteiger partial charge in [0.25, 0.3) is 5.91 Å². The fraction of sp³-hybridized carbons (Fsp3) is 0.429. The zero-order valence-corrected chi connectivity index (χ0v) is 13.1. The fourth-order valence-corrected chi connectivity index (χ4v) is 2.40. The largest absolute Gasteiger partial charge is 0.480 e. The number of aliphatic carboxylic acids is 1. The number of carbonyl (C=O) groups excluding carboxylic acids is 1. The predicted molar refractivity (Wildman–Crippen MR) is 78.9 cm³/mol. The summed E-state index contributed by atoms with van der Waals surface area (Å²) in [7, 11) is 1.55. The Kier molecular flexibility index (Phi) is 6.67. The second-order valence-electron chi connectivity index (χ2n) is 4.48. The molecule has 1 aromatic rings. The Morgan fingerprint density at radius 2 is 2.15 bits per heavy atom. The number of nitrogens with one attached hydrogen (secondary N) is 1. The second kappa shape index (κ2) is 8.01. The number of halogens is 1. The number of ether oxygens (including phenoxy) is 1. The topological polar surface area (TPSA) is 75.6 Å². The lowest BCUT2D eigenvalue weighted by Crippen LogP contribution is -2.41. The van der Waals surface area contributed by atoms with Gasteiger partial charge in [0.1, 0.15) is 6.04 Å². The standard InChI is InChI=1S/C14H18BrNO4/c1-9-5-6-10(11(15)8-9)13(17)16-12(14(18)19)4-3-7-20-2/h5-6,8,12H,3-4,7H2,1-2H3,(H,16,17)(H,18,19). The van der Waals surface area contributed by atoms with Crippen LogP contribution in [0.3, 0.4) is 0 Å². The molecule has 1 unspecified atom stereocenters. The van der Waals surface area contributed by atoms with E-state index in [1.54, 1.807) is 19.2 Å². The Morgan fingerprint density at radius 1 is 1.45 bits per heavy atom. The maximum Gasteiger partial charge on any atom is 0.326 e. The molecule has 20 heavy (non-hydrogen) atoms. The van der Waals surface area contributed by atoms with Gasteiger partial charge in [-0.05, 0) is 53.4 Å². The van der Waals surface area contributed by atoms with Crippen LogP contribution in [0.15, 0.2) is 22.7 Å². The number of benzene rings is 1. The Balaban J connectivity index is 2.72. The SMILES string of the molecule is COCCCC(NC(=O)c1ccc(C)cc1Br)C(=O)O. The molecule has 0 spiro atoms. The van der Waals surface area contributed by atoms with Gasteiger partial charge in [-0.15, -0.1) is 0 Å². The molecule has 2 N–H and O–H groups in total. The number of hydrogen-bond donors (Lipinski definition) is 2. The first-order valence-electron chi connectivity index (χ1n) is 6.24. The quantitative estimate of drug-likeness (QED) is 0.745. The van der Waals surface area contributed by atoms with Crippen molar-refractivity contribution in [3.8, 4) is 0 Å². The Labute approximate surface area is 126 Å². The van der Waals surface area contributed by atoms with Crippen LogP contribution < -0.4 is 5.32 Å². The van der Waals surface area contributed by atoms with Crippen molar-refractivity contribution in [3.05, 3.63) is 33.8 Å². The lowest BCUT2D eigenvalue weighted by atomic mass is 10.1. The van der Waals surface area contributed by atoms with Gasteiger partial charge in [0.15, 0.2) is 0 Å². The van der Waals surface area contributed by atoms with Gasteiger partial charge in [0, 0.05) is 18.2 Å². The third kappa shape index (κ3) is 4.94. The van der Waals surface area contributed by atoms with E-state index in [1.165, 1.54) is 0 Å². The average molecular weight is 344 g/mol. The number of carbonyl (C=O) groups is 2. The van der Waals surface area contributed by atoms with Crippen LogP contribution in [0.25, 0.3) is 0 Å². The van der Waals surface area contributed by atoms with Gasteiger partial charge in [-0.1, -0.05) is 6.07 Å². The van der Waals surface area contributed by atoms with Gasteiger partial charge in [-0.2, -0.15) is 0 Å². The molecular weight excluding hydrogens is 326 g/mol. The predicted octanol–water partition coefficient (Wildman–Crippen LogP) is 2.37. The van der Waals surface area contributed by atoms with Crippen molar-refractivity contribution in [1.29, 1.82) is 0 Å². The molecule has 0 aliphatic heterocycles. The first-order chi connectivity index (χ1) is 9.45. The van der Waals surface area contributed by atoms with E-state index in [1.807, 2.05) is 13.0 Å². The van der Waals surface area contributed by atoms with Gasteiger partial charge in [0.05, 0.1) is 5.56 Å². The van der Waals surface area contributed by atoms with Crippen molar-refractivity contribution in [3.63, 3.8) is 0 Å². The van der Waals surface area contributed by atoms with E-state index in [0.717, 1.165) is 5.56 Å².